The molecule has 23 heavy (non-hydrogen) atoms. The zero-order valence-corrected chi connectivity index (χ0v) is 14.0. The fourth-order valence-electron chi connectivity index (χ4n) is 3.17. The highest BCUT2D eigenvalue weighted by molar-refractivity contribution is 7.87. The molecule has 2 aliphatic heterocycles. The average molecular weight is 337 g/mol. The summed E-state index contributed by atoms with van der Waals surface area (Å²) in [5.41, 5.74) is 2.23. The summed E-state index contributed by atoms with van der Waals surface area (Å²) in [6.45, 7) is 2.13. The SMILES string of the molecule is O=C(CNS(=O)(=O)N1CCc2ccccc2C1)N1CCCCC1. The van der Waals surface area contributed by atoms with E-state index in [-0.39, 0.29) is 12.5 Å². The summed E-state index contributed by atoms with van der Waals surface area (Å²) in [5.74, 6) is -0.134. The van der Waals surface area contributed by atoms with E-state index in [0.29, 0.717) is 19.5 Å². The fraction of sp³-hybridized carbons (Fsp3) is 0.562. The van der Waals surface area contributed by atoms with Crippen LogP contribution in [-0.2, 0) is 28.0 Å². The summed E-state index contributed by atoms with van der Waals surface area (Å²) in [6, 6.07) is 7.88. The molecule has 1 aromatic rings. The molecule has 2 heterocycles. The monoisotopic (exact) mass is 337 g/mol. The van der Waals surface area contributed by atoms with Crippen LogP contribution < -0.4 is 4.72 Å². The quantitative estimate of drug-likeness (QED) is 0.887. The molecule has 7 heteroatoms. The lowest BCUT2D eigenvalue weighted by atomic mass is 10.0. The van der Waals surface area contributed by atoms with Gasteiger partial charge in [0.1, 0.15) is 0 Å². The van der Waals surface area contributed by atoms with Gasteiger partial charge in [-0.05, 0) is 36.8 Å². The first-order valence-corrected chi connectivity index (χ1v) is 9.59. The Balaban J connectivity index is 1.58. The van der Waals surface area contributed by atoms with E-state index in [4.69, 9.17) is 0 Å². The third-order valence-electron chi connectivity index (χ3n) is 4.55. The molecule has 3 rings (SSSR count). The van der Waals surface area contributed by atoms with Crippen molar-refractivity contribution in [3.63, 3.8) is 0 Å². The minimum absolute atomic E-state index is 0.134. The van der Waals surface area contributed by atoms with Crippen molar-refractivity contribution in [2.75, 3.05) is 26.2 Å². The predicted molar refractivity (Wildman–Crippen MR) is 87.9 cm³/mol. The number of fused-ring (bicyclic) bond motifs is 1. The van der Waals surface area contributed by atoms with Gasteiger partial charge in [-0.3, -0.25) is 4.79 Å². The maximum absolute atomic E-state index is 12.4. The molecule has 0 atom stereocenters. The minimum atomic E-state index is -3.62. The maximum Gasteiger partial charge on any atom is 0.280 e. The number of hydrogen-bond acceptors (Lipinski definition) is 3. The van der Waals surface area contributed by atoms with Gasteiger partial charge >= 0.3 is 0 Å². The molecule has 0 aliphatic carbocycles. The van der Waals surface area contributed by atoms with Gasteiger partial charge in [0.05, 0.1) is 6.54 Å². The molecule has 0 spiro atoms. The topological polar surface area (TPSA) is 69.7 Å². The number of hydrogen-bond donors (Lipinski definition) is 1. The van der Waals surface area contributed by atoms with E-state index in [1.165, 1.54) is 9.87 Å². The molecule has 126 valence electrons. The van der Waals surface area contributed by atoms with E-state index < -0.39 is 10.2 Å². The van der Waals surface area contributed by atoms with Crippen molar-refractivity contribution in [3.05, 3.63) is 35.4 Å². The van der Waals surface area contributed by atoms with Crippen molar-refractivity contribution in [3.8, 4) is 0 Å². The average Bonchev–Trinajstić information content (AvgIpc) is 2.60. The summed E-state index contributed by atoms with van der Waals surface area (Å²) < 4.78 is 28.7. The Morgan fingerprint density at radius 1 is 1.04 bits per heavy atom. The van der Waals surface area contributed by atoms with Crippen LogP contribution in [0.15, 0.2) is 24.3 Å². The third-order valence-corrected chi connectivity index (χ3v) is 6.05. The molecule has 1 aromatic carbocycles. The highest BCUT2D eigenvalue weighted by Crippen LogP contribution is 2.20. The van der Waals surface area contributed by atoms with Crippen molar-refractivity contribution >= 4 is 16.1 Å². The summed E-state index contributed by atoms with van der Waals surface area (Å²) >= 11 is 0. The Labute approximate surface area is 137 Å². The first-order chi connectivity index (χ1) is 11.1. The molecule has 2 aliphatic rings. The number of carbonyl (C=O) groups excluding carboxylic acids is 1. The van der Waals surface area contributed by atoms with E-state index in [1.807, 2.05) is 24.3 Å². The number of likely N-dealkylation sites (tertiary alicyclic amines) is 1. The van der Waals surface area contributed by atoms with Gasteiger partial charge in [0.15, 0.2) is 0 Å². The van der Waals surface area contributed by atoms with Crippen molar-refractivity contribution < 1.29 is 13.2 Å². The van der Waals surface area contributed by atoms with Crippen LogP contribution in [0.1, 0.15) is 30.4 Å². The lowest BCUT2D eigenvalue weighted by molar-refractivity contribution is -0.130. The van der Waals surface area contributed by atoms with Gasteiger partial charge in [0.25, 0.3) is 10.2 Å². The van der Waals surface area contributed by atoms with Crippen LogP contribution in [-0.4, -0.2) is 49.7 Å². The van der Waals surface area contributed by atoms with Crippen LogP contribution in [0.4, 0.5) is 0 Å². The number of carbonyl (C=O) groups is 1. The number of benzene rings is 1. The van der Waals surface area contributed by atoms with Gasteiger partial charge in [-0.1, -0.05) is 24.3 Å². The Morgan fingerprint density at radius 3 is 2.48 bits per heavy atom. The van der Waals surface area contributed by atoms with Crippen LogP contribution >= 0.6 is 0 Å². The van der Waals surface area contributed by atoms with Crippen molar-refractivity contribution in [2.24, 2.45) is 0 Å². The van der Waals surface area contributed by atoms with E-state index in [1.54, 1.807) is 4.90 Å². The van der Waals surface area contributed by atoms with Gasteiger partial charge in [-0.2, -0.15) is 17.4 Å². The second kappa shape index (κ2) is 6.98. The van der Waals surface area contributed by atoms with Gasteiger partial charge in [-0.25, -0.2) is 0 Å². The van der Waals surface area contributed by atoms with Crippen LogP contribution in [0.3, 0.4) is 0 Å². The zero-order valence-electron chi connectivity index (χ0n) is 13.2. The molecule has 1 N–H and O–H groups in total. The van der Waals surface area contributed by atoms with E-state index in [2.05, 4.69) is 4.72 Å². The lowest BCUT2D eigenvalue weighted by Crippen LogP contribution is -2.48. The van der Waals surface area contributed by atoms with Crippen LogP contribution in [0.5, 0.6) is 0 Å². The summed E-state index contributed by atoms with van der Waals surface area (Å²) in [6.07, 6.45) is 3.85. The van der Waals surface area contributed by atoms with Crippen LogP contribution in [0.2, 0.25) is 0 Å². The van der Waals surface area contributed by atoms with Crippen molar-refractivity contribution in [1.29, 1.82) is 0 Å². The van der Waals surface area contributed by atoms with Crippen molar-refractivity contribution in [2.45, 2.75) is 32.2 Å². The van der Waals surface area contributed by atoms with Gasteiger partial charge in [0, 0.05) is 26.2 Å². The number of piperidine rings is 1. The smallest absolute Gasteiger partial charge is 0.280 e. The largest absolute Gasteiger partial charge is 0.342 e. The van der Waals surface area contributed by atoms with Gasteiger partial charge in [-0.15, -0.1) is 0 Å². The molecule has 1 fully saturated rings. The zero-order chi connectivity index (χ0) is 16.3. The van der Waals surface area contributed by atoms with E-state index >= 15 is 0 Å². The highest BCUT2D eigenvalue weighted by atomic mass is 32.2. The van der Waals surface area contributed by atoms with Crippen molar-refractivity contribution in [1.82, 2.24) is 13.9 Å². The molecule has 0 radical (unpaired) electrons. The molecule has 1 amide bonds. The second-order valence-corrected chi connectivity index (χ2v) is 7.88. The number of nitrogens with one attached hydrogen (secondary N) is 1. The molecule has 0 unspecified atom stereocenters. The normalized spacial score (nSPS) is 19.4. The van der Waals surface area contributed by atoms with E-state index in [9.17, 15) is 13.2 Å². The minimum Gasteiger partial charge on any atom is -0.342 e. The summed E-state index contributed by atoms with van der Waals surface area (Å²) in [4.78, 5) is 13.9. The molecule has 6 nitrogen and oxygen atoms in total. The lowest BCUT2D eigenvalue weighted by Gasteiger charge is -2.29. The highest BCUT2D eigenvalue weighted by Gasteiger charge is 2.27. The molecule has 0 aromatic heterocycles. The molecule has 1 saturated heterocycles. The Bertz CT molecular complexity index is 669. The molecule has 0 saturated carbocycles. The third kappa shape index (κ3) is 3.91. The molecular weight excluding hydrogens is 314 g/mol. The standard InChI is InChI=1S/C16H23N3O3S/c20-16(18-9-4-1-5-10-18)12-17-23(21,22)19-11-8-14-6-2-3-7-15(14)13-19/h2-3,6-7,17H,1,4-5,8-13H2. The Morgan fingerprint density at radius 2 is 1.74 bits per heavy atom. The first kappa shape index (κ1) is 16.4. The van der Waals surface area contributed by atoms with Crippen LogP contribution in [0.25, 0.3) is 0 Å². The number of amides is 1. The van der Waals surface area contributed by atoms with E-state index in [0.717, 1.165) is 37.9 Å². The molecular formula is C16H23N3O3S. The summed E-state index contributed by atoms with van der Waals surface area (Å²) in [7, 11) is -3.62. The fourth-order valence-corrected chi connectivity index (χ4v) is 4.30. The predicted octanol–water partition coefficient (Wildman–Crippen LogP) is 0.892. The number of rotatable bonds is 4. The second-order valence-electron chi connectivity index (χ2n) is 6.12. The Kier molecular flexibility index (Phi) is 4.99. The first-order valence-electron chi connectivity index (χ1n) is 8.15. The molecule has 0 bridgehead atoms. The van der Waals surface area contributed by atoms with Crippen LogP contribution in [0, 0.1) is 0 Å². The van der Waals surface area contributed by atoms with Gasteiger partial charge in [0.2, 0.25) is 5.91 Å². The summed E-state index contributed by atoms with van der Waals surface area (Å²) in [5, 5.41) is 0. The Hall–Kier alpha value is -1.44. The number of nitrogens with zero attached hydrogens (tertiary/aromatic N) is 2. The van der Waals surface area contributed by atoms with Gasteiger partial charge < -0.3 is 4.90 Å². The maximum atomic E-state index is 12.4.